The fourth-order valence-corrected chi connectivity index (χ4v) is 5.58. The zero-order chi connectivity index (χ0) is 27.4. The van der Waals surface area contributed by atoms with Gasteiger partial charge in [0.1, 0.15) is 0 Å². The number of piperazine rings is 1. The molecule has 0 saturated carbocycles. The molecule has 3 heterocycles. The van der Waals surface area contributed by atoms with Crippen LogP contribution in [0.4, 0.5) is 23.0 Å². The van der Waals surface area contributed by atoms with Gasteiger partial charge in [0.15, 0.2) is 0 Å². The molecule has 1 aliphatic heterocycles. The summed E-state index contributed by atoms with van der Waals surface area (Å²) in [6.07, 6.45) is 6.06. The van der Waals surface area contributed by atoms with E-state index in [4.69, 9.17) is 5.73 Å². The molecule has 10 nitrogen and oxygen atoms in total. The molecule has 4 aromatic rings. The minimum Gasteiger partial charge on any atom is -0.324 e. The minimum atomic E-state index is -3.64. The van der Waals surface area contributed by atoms with E-state index < -0.39 is 10.0 Å². The van der Waals surface area contributed by atoms with Crippen LogP contribution in [-0.2, 0) is 10.0 Å². The summed E-state index contributed by atoms with van der Waals surface area (Å²) in [6, 6.07) is 20.1. The second-order valence-electron chi connectivity index (χ2n) is 9.59. The van der Waals surface area contributed by atoms with Gasteiger partial charge in [0.05, 0.1) is 29.5 Å². The van der Waals surface area contributed by atoms with E-state index in [1.54, 1.807) is 48.9 Å². The smallest absolute Gasteiger partial charge is 0.236 e. The van der Waals surface area contributed by atoms with Gasteiger partial charge in [-0.3, -0.25) is 9.88 Å². The first kappa shape index (κ1) is 26.7. The third kappa shape index (κ3) is 6.40. The summed E-state index contributed by atoms with van der Waals surface area (Å²) in [5.74, 6) is 0.390. The second-order valence-corrected chi connectivity index (χ2v) is 11.4. The van der Waals surface area contributed by atoms with Gasteiger partial charge in [0.25, 0.3) is 0 Å². The lowest BCUT2D eigenvalue weighted by atomic mass is 10.1. The maximum Gasteiger partial charge on any atom is 0.236 e. The lowest BCUT2D eigenvalue weighted by Crippen LogP contribution is -2.48. The van der Waals surface area contributed by atoms with Gasteiger partial charge in [-0.2, -0.15) is 0 Å². The van der Waals surface area contributed by atoms with Crippen molar-refractivity contribution in [2.24, 2.45) is 5.73 Å². The first-order valence-electron chi connectivity index (χ1n) is 12.7. The number of pyridine rings is 1. The molecule has 0 amide bonds. The van der Waals surface area contributed by atoms with Crippen molar-refractivity contribution < 1.29 is 8.42 Å². The van der Waals surface area contributed by atoms with Gasteiger partial charge < -0.3 is 16.0 Å². The molecule has 11 heteroatoms. The lowest BCUT2D eigenvalue weighted by Gasteiger charge is -2.36. The Kier molecular flexibility index (Phi) is 7.84. The average Bonchev–Trinajstić information content (AvgIpc) is 2.94. The Bertz CT molecular complexity index is 1510. The predicted molar refractivity (Wildman–Crippen MR) is 154 cm³/mol. The molecule has 1 atom stereocenters. The number of nitrogens with one attached hydrogen (secondary N) is 1. The van der Waals surface area contributed by atoms with Crippen LogP contribution in [0.2, 0.25) is 0 Å². The molecular weight excluding hydrogens is 512 g/mol. The molecule has 1 fully saturated rings. The van der Waals surface area contributed by atoms with Gasteiger partial charge in [-0.1, -0.05) is 18.2 Å². The first-order valence-corrected chi connectivity index (χ1v) is 14.5. The van der Waals surface area contributed by atoms with E-state index in [2.05, 4.69) is 37.1 Å². The summed E-state index contributed by atoms with van der Waals surface area (Å²) in [5.41, 5.74) is 10.7. The Labute approximate surface area is 229 Å². The molecular formula is C28H32N8O2S. The van der Waals surface area contributed by atoms with E-state index in [0.717, 1.165) is 43.0 Å². The number of likely N-dealkylation sites (N-methyl/N-ethyl adjacent to an activating group) is 1. The molecule has 3 N–H and O–H groups in total. The lowest BCUT2D eigenvalue weighted by molar-refractivity contribution is 0.114. The van der Waals surface area contributed by atoms with Crippen LogP contribution in [-0.4, -0.2) is 72.7 Å². The molecule has 2 aromatic heterocycles. The molecule has 0 aliphatic carbocycles. The highest BCUT2D eigenvalue weighted by Crippen LogP contribution is 2.32. The Hall–Kier alpha value is -3.90. The predicted octanol–water partition coefficient (Wildman–Crippen LogP) is 3.58. The highest BCUT2D eigenvalue weighted by Gasteiger charge is 2.23. The van der Waals surface area contributed by atoms with Gasteiger partial charge in [0, 0.05) is 56.0 Å². The second kappa shape index (κ2) is 11.5. The van der Waals surface area contributed by atoms with Gasteiger partial charge in [0.2, 0.25) is 16.0 Å². The zero-order valence-corrected chi connectivity index (χ0v) is 22.8. The standard InChI is InChI=1S/C28H32N8O2S/c1-34-15-17-35(18-16-34)27(29)21-8-10-24(11-9-21)36(39(2,37)38)25-7-3-6-23(19-25)32-28-31-14-12-26(33-28)22-5-4-13-30-20-22/h3-14,19-20,27H,15-18,29H2,1-2H3,(H,31,32,33). The monoisotopic (exact) mass is 544 g/mol. The van der Waals surface area contributed by atoms with Crippen molar-refractivity contribution in [1.82, 2.24) is 24.8 Å². The molecule has 0 bridgehead atoms. The van der Waals surface area contributed by atoms with Crippen molar-refractivity contribution in [3.63, 3.8) is 0 Å². The van der Waals surface area contributed by atoms with Gasteiger partial charge >= 0.3 is 0 Å². The van der Waals surface area contributed by atoms with Crippen molar-refractivity contribution >= 4 is 33.0 Å². The number of aromatic nitrogens is 3. The minimum absolute atomic E-state index is 0.241. The van der Waals surface area contributed by atoms with Crippen LogP contribution in [0.1, 0.15) is 11.7 Å². The number of nitrogens with two attached hydrogens (primary N) is 1. The van der Waals surface area contributed by atoms with E-state index in [9.17, 15) is 8.42 Å². The van der Waals surface area contributed by atoms with Crippen LogP contribution in [0.3, 0.4) is 0 Å². The van der Waals surface area contributed by atoms with E-state index in [1.807, 2.05) is 36.4 Å². The van der Waals surface area contributed by atoms with Crippen molar-refractivity contribution in [2.45, 2.75) is 6.17 Å². The Balaban J connectivity index is 1.37. The maximum absolute atomic E-state index is 12.9. The number of rotatable bonds is 8. The molecule has 202 valence electrons. The Morgan fingerprint density at radius 2 is 1.72 bits per heavy atom. The normalized spacial score (nSPS) is 15.6. The number of nitrogens with zero attached hydrogens (tertiary/aromatic N) is 6. The van der Waals surface area contributed by atoms with E-state index >= 15 is 0 Å². The third-order valence-corrected chi connectivity index (χ3v) is 7.77. The Morgan fingerprint density at radius 3 is 2.41 bits per heavy atom. The summed E-state index contributed by atoms with van der Waals surface area (Å²) in [5, 5.41) is 3.19. The molecule has 2 aromatic carbocycles. The van der Waals surface area contributed by atoms with Crippen LogP contribution in [0.25, 0.3) is 11.3 Å². The molecule has 0 radical (unpaired) electrons. The van der Waals surface area contributed by atoms with Crippen molar-refractivity contribution in [2.75, 3.05) is 49.1 Å². The van der Waals surface area contributed by atoms with Crippen molar-refractivity contribution in [3.8, 4) is 11.3 Å². The molecule has 1 aliphatic rings. The maximum atomic E-state index is 12.9. The van der Waals surface area contributed by atoms with E-state index in [-0.39, 0.29) is 6.17 Å². The van der Waals surface area contributed by atoms with E-state index in [1.165, 1.54) is 10.6 Å². The zero-order valence-electron chi connectivity index (χ0n) is 22.0. The topological polar surface area (TPSA) is 121 Å². The summed E-state index contributed by atoms with van der Waals surface area (Å²) in [4.78, 5) is 17.6. The number of anilines is 4. The quantitative estimate of drug-likeness (QED) is 0.343. The SMILES string of the molecule is CN1CCN(C(N)c2ccc(N(c3cccc(Nc4nccc(-c5cccnc5)n4)c3)S(C)(=O)=O)cc2)CC1. The van der Waals surface area contributed by atoms with Crippen molar-refractivity contribution in [1.29, 1.82) is 0 Å². The van der Waals surface area contributed by atoms with E-state index in [0.29, 0.717) is 23.0 Å². The third-order valence-electron chi connectivity index (χ3n) is 6.68. The van der Waals surface area contributed by atoms with Crippen LogP contribution in [0.5, 0.6) is 0 Å². The molecule has 1 saturated heterocycles. The molecule has 39 heavy (non-hydrogen) atoms. The van der Waals surface area contributed by atoms with Crippen LogP contribution < -0.4 is 15.4 Å². The van der Waals surface area contributed by atoms with Crippen LogP contribution in [0, 0.1) is 0 Å². The molecule has 5 rings (SSSR count). The number of sulfonamides is 1. The molecule has 0 spiro atoms. The van der Waals surface area contributed by atoms with Gasteiger partial charge in [-0.15, -0.1) is 0 Å². The van der Waals surface area contributed by atoms with Gasteiger partial charge in [-0.05, 0) is 61.1 Å². The van der Waals surface area contributed by atoms with Crippen molar-refractivity contribution in [3.05, 3.63) is 90.9 Å². The highest BCUT2D eigenvalue weighted by molar-refractivity contribution is 7.92. The summed E-state index contributed by atoms with van der Waals surface area (Å²) in [6.45, 7) is 3.72. The summed E-state index contributed by atoms with van der Waals surface area (Å²) in [7, 11) is -1.54. The number of hydrogen-bond acceptors (Lipinski definition) is 9. The van der Waals surface area contributed by atoms with Gasteiger partial charge in [-0.25, -0.2) is 22.7 Å². The van der Waals surface area contributed by atoms with Crippen LogP contribution >= 0.6 is 0 Å². The first-order chi connectivity index (χ1) is 18.8. The summed E-state index contributed by atoms with van der Waals surface area (Å²) >= 11 is 0. The average molecular weight is 545 g/mol. The number of hydrogen-bond donors (Lipinski definition) is 2. The summed E-state index contributed by atoms with van der Waals surface area (Å²) < 4.78 is 27.2. The van der Waals surface area contributed by atoms with Crippen LogP contribution in [0.15, 0.2) is 85.3 Å². The fraction of sp³-hybridized carbons (Fsp3) is 0.250. The molecule has 1 unspecified atom stereocenters. The highest BCUT2D eigenvalue weighted by atomic mass is 32.2. The number of benzene rings is 2. The fourth-order valence-electron chi connectivity index (χ4n) is 4.58. The Morgan fingerprint density at radius 1 is 0.949 bits per heavy atom. The largest absolute Gasteiger partial charge is 0.324 e.